The third kappa shape index (κ3) is 1.69. The molecule has 0 aliphatic carbocycles. The van der Waals surface area contributed by atoms with Gasteiger partial charge in [-0.25, -0.2) is 0 Å². The highest BCUT2D eigenvalue weighted by Gasteiger charge is 2.12. The second kappa shape index (κ2) is 3.76. The fourth-order valence-electron chi connectivity index (χ4n) is 1.40. The molecule has 2 aromatic rings. The van der Waals surface area contributed by atoms with E-state index in [0.29, 0.717) is 0 Å². The van der Waals surface area contributed by atoms with Gasteiger partial charge in [0.2, 0.25) is 0 Å². The van der Waals surface area contributed by atoms with E-state index < -0.39 is 4.92 Å². The van der Waals surface area contributed by atoms with Gasteiger partial charge >= 0.3 is 0 Å². The van der Waals surface area contributed by atoms with Crippen LogP contribution in [0, 0.1) is 20.4 Å². The highest BCUT2D eigenvalue weighted by Crippen LogP contribution is 2.25. The van der Waals surface area contributed by atoms with Crippen LogP contribution in [-0.2, 0) is 0 Å². The Labute approximate surface area is 99.4 Å². The summed E-state index contributed by atoms with van der Waals surface area (Å²) in [5.41, 5.74) is 0.976. The Kier molecular flexibility index (Phi) is 2.59. The number of nitro groups is 1. The van der Waals surface area contributed by atoms with E-state index >= 15 is 0 Å². The van der Waals surface area contributed by atoms with Crippen molar-refractivity contribution in [3.05, 3.63) is 38.6 Å². The lowest BCUT2D eigenvalue weighted by Gasteiger charge is -1.96. The number of benzene rings is 1. The predicted octanol–water partition coefficient (Wildman–Crippen LogP) is 2.58. The fourth-order valence-corrected chi connectivity index (χ4v) is 2.07. The van der Waals surface area contributed by atoms with Crippen molar-refractivity contribution in [2.24, 2.45) is 0 Å². The first kappa shape index (κ1) is 10.3. The van der Waals surface area contributed by atoms with E-state index in [2.05, 4.69) is 27.7 Å². The summed E-state index contributed by atoms with van der Waals surface area (Å²) in [6.45, 7) is 3.68. The quantitative estimate of drug-likeness (QED) is 0.486. The van der Waals surface area contributed by atoms with Gasteiger partial charge in [0.25, 0.3) is 5.69 Å². The fraction of sp³-hybridized carbons (Fsp3) is 0.111. The number of rotatable bonds is 2. The summed E-state index contributed by atoms with van der Waals surface area (Å²) in [5.74, 6) is 0. The zero-order valence-corrected chi connectivity index (χ0v) is 10.0. The Hall–Kier alpha value is -1.18. The number of nitrogens with zero attached hydrogens (tertiary/aromatic N) is 3. The standard InChI is InChI=1S/C9H7IN3O2/c1-2-12-8-4-3-6(13(14)15)5-7(8)9(10)11-12/h2-5H,1H3. The molecule has 6 heteroatoms. The van der Waals surface area contributed by atoms with Gasteiger partial charge in [0.1, 0.15) is 3.70 Å². The van der Waals surface area contributed by atoms with Gasteiger partial charge in [0.05, 0.1) is 17.0 Å². The minimum absolute atomic E-state index is 0.0936. The van der Waals surface area contributed by atoms with Crippen molar-refractivity contribution >= 4 is 39.2 Å². The first-order chi connectivity index (χ1) is 7.13. The van der Waals surface area contributed by atoms with Crippen LogP contribution in [0.1, 0.15) is 6.92 Å². The van der Waals surface area contributed by atoms with Crippen LogP contribution in [0.3, 0.4) is 0 Å². The summed E-state index contributed by atoms with van der Waals surface area (Å²) in [4.78, 5) is 10.2. The van der Waals surface area contributed by atoms with Gasteiger partial charge in [0.15, 0.2) is 0 Å². The zero-order valence-electron chi connectivity index (χ0n) is 7.85. The smallest absolute Gasteiger partial charge is 0.259 e. The SMILES string of the molecule is C[CH]n1nc(I)c2cc([N+](=O)[O-])ccc21. The number of hydrogen-bond acceptors (Lipinski definition) is 3. The third-order valence-electron chi connectivity index (χ3n) is 2.10. The van der Waals surface area contributed by atoms with Crippen LogP contribution in [0.2, 0.25) is 0 Å². The van der Waals surface area contributed by atoms with Gasteiger partial charge in [0, 0.05) is 17.5 Å². The molecule has 2 rings (SSSR count). The van der Waals surface area contributed by atoms with Crippen molar-refractivity contribution in [1.82, 2.24) is 9.78 Å². The molecule has 0 spiro atoms. The molecular weight excluding hydrogens is 309 g/mol. The maximum atomic E-state index is 10.6. The summed E-state index contributed by atoms with van der Waals surface area (Å²) in [5, 5.41) is 15.6. The molecule has 0 aliphatic rings. The summed E-state index contributed by atoms with van der Waals surface area (Å²) in [6, 6.07) is 4.74. The monoisotopic (exact) mass is 316 g/mol. The molecule has 0 saturated carbocycles. The van der Waals surface area contributed by atoms with Gasteiger partial charge in [-0.15, -0.1) is 0 Å². The van der Waals surface area contributed by atoms with Gasteiger partial charge in [-0.3, -0.25) is 14.8 Å². The highest BCUT2D eigenvalue weighted by molar-refractivity contribution is 14.1. The normalized spacial score (nSPS) is 10.8. The van der Waals surface area contributed by atoms with Crippen LogP contribution in [0.25, 0.3) is 10.9 Å². The molecule has 0 aliphatic heterocycles. The average molecular weight is 316 g/mol. The van der Waals surface area contributed by atoms with E-state index in [1.54, 1.807) is 16.8 Å². The lowest BCUT2D eigenvalue weighted by Crippen LogP contribution is -1.93. The molecule has 1 aromatic heterocycles. The van der Waals surface area contributed by atoms with Crippen LogP contribution in [0.4, 0.5) is 5.69 Å². The molecule has 1 aromatic carbocycles. The largest absolute Gasteiger partial charge is 0.270 e. The van der Waals surface area contributed by atoms with E-state index in [4.69, 9.17) is 0 Å². The third-order valence-corrected chi connectivity index (χ3v) is 2.90. The van der Waals surface area contributed by atoms with Crippen molar-refractivity contribution in [2.45, 2.75) is 6.92 Å². The molecule has 1 radical (unpaired) electrons. The van der Waals surface area contributed by atoms with Gasteiger partial charge in [-0.05, 0) is 35.6 Å². The van der Waals surface area contributed by atoms with Crippen LogP contribution in [-0.4, -0.2) is 14.7 Å². The molecule has 0 amide bonds. The van der Waals surface area contributed by atoms with Crippen LogP contribution < -0.4 is 0 Å². The molecule has 15 heavy (non-hydrogen) atoms. The summed E-state index contributed by atoms with van der Waals surface area (Å²) in [7, 11) is 0. The average Bonchev–Trinajstić information content (AvgIpc) is 2.55. The molecule has 0 bridgehead atoms. The van der Waals surface area contributed by atoms with Gasteiger partial charge < -0.3 is 0 Å². The van der Waals surface area contributed by atoms with E-state index in [9.17, 15) is 10.1 Å². The van der Waals surface area contributed by atoms with Crippen LogP contribution >= 0.6 is 22.6 Å². The molecule has 0 atom stereocenters. The van der Waals surface area contributed by atoms with E-state index in [1.165, 1.54) is 6.07 Å². The van der Waals surface area contributed by atoms with Crippen molar-refractivity contribution in [1.29, 1.82) is 0 Å². The molecule has 0 fully saturated rings. The zero-order chi connectivity index (χ0) is 11.0. The second-order valence-electron chi connectivity index (χ2n) is 2.95. The lowest BCUT2D eigenvalue weighted by atomic mass is 10.2. The molecule has 5 nitrogen and oxygen atoms in total. The maximum Gasteiger partial charge on any atom is 0.270 e. The Morgan fingerprint density at radius 1 is 1.60 bits per heavy atom. The van der Waals surface area contributed by atoms with Gasteiger partial charge in [-0.2, -0.15) is 5.10 Å². The minimum atomic E-state index is -0.400. The van der Waals surface area contributed by atoms with Crippen LogP contribution in [0.15, 0.2) is 18.2 Å². The van der Waals surface area contributed by atoms with E-state index in [-0.39, 0.29) is 5.69 Å². The van der Waals surface area contributed by atoms with Crippen molar-refractivity contribution in [3.8, 4) is 0 Å². The highest BCUT2D eigenvalue weighted by atomic mass is 127. The first-order valence-corrected chi connectivity index (χ1v) is 5.33. The molecule has 1 heterocycles. The van der Waals surface area contributed by atoms with Crippen molar-refractivity contribution in [2.75, 3.05) is 0 Å². The topological polar surface area (TPSA) is 61.0 Å². The van der Waals surface area contributed by atoms with Crippen molar-refractivity contribution < 1.29 is 4.92 Å². The number of non-ortho nitro benzene ring substituents is 1. The Bertz CT molecular complexity index is 535. The number of aromatic nitrogens is 2. The molecule has 0 saturated heterocycles. The maximum absolute atomic E-state index is 10.6. The predicted molar refractivity (Wildman–Crippen MR) is 64.5 cm³/mol. The van der Waals surface area contributed by atoms with Crippen molar-refractivity contribution in [3.63, 3.8) is 0 Å². The number of hydrogen-bond donors (Lipinski definition) is 0. The summed E-state index contributed by atoms with van der Waals surface area (Å²) >= 11 is 2.07. The second-order valence-corrected chi connectivity index (χ2v) is 3.97. The van der Waals surface area contributed by atoms with Gasteiger partial charge in [-0.1, -0.05) is 0 Å². The number of halogens is 1. The number of fused-ring (bicyclic) bond motifs is 1. The minimum Gasteiger partial charge on any atom is -0.259 e. The molecule has 0 unspecified atom stereocenters. The summed E-state index contributed by atoms with van der Waals surface area (Å²) in [6.07, 6.45) is 0. The van der Waals surface area contributed by atoms with E-state index in [0.717, 1.165) is 14.6 Å². The lowest BCUT2D eigenvalue weighted by molar-refractivity contribution is -0.384. The Balaban J connectivity index is 2.72. The number of nitro benzene ring substituents is 1. The molecule has 0 N–H and O–H groups in total. The first-order valence-electron chi connectivity index (χ1n) is 4.25. The Morgan fingerprint density at radius 2 is 2.33 bits per heavy atom. The van der Waals surface area contributed by atoms with Crippen LogP contribution in [0.5, 0.6) is 0 Å². The molecule has 77 valence electrons. The van der Waals surface area contributed by atoms with E-state index in [1.807, 2.05) is 13.5 Å². The summed E-state index contributed by atoms with van der Waals surface area (Å²) < 4.78 is 2.48. The Morgan fingerprint density at radius 3 is 2.93 bits per heavy atom. The molecular formula is C9H7IN3O2.